The van der Waals surface area contributed by atoms with Crippen molar-refractivity contribution in [3.63, 3.8) is 0 Å². The number of hydrogen-bond donors (Lipinski definition) is 5. The van der Waals surface area contributed by atoms with Crippen LogP contribution in [-0.2, 0) is 0 Å². The monoisotopic (exact) mass is 464 g/mol. The fourth-order valence-corrected chi connectivity index (χ4v) is 9.37. The van der Waals surface area contributed by atoms with E-state index in [2.05, 4.69) is 27.4 Å². The number of fused-ring (bicyclic) bond motifs is 5. The van der Waals surface area contributed by atoms with E-state index in [0.29, 0.717) is 30.6 Å². The van der Waals surface area contributed by atoms with Gasteiger partial charge in [-0.15, -0.1) is 0 Å². The number of hydrogen-bond acceptors (Lipinski definition) is 5. The van der Waals surface area contributed by atoms with Crippen LogP contribution < -0.4 is 0 Å². The minimum Gasteiger partial charge on any atom is -0.396 e. The van der Waals surface area contributed by atoms with Crippen molar-refractivity contribution in [3.05, 3.63) is 12.2 Å². The third-order valence-electron chi connectivity index (χ3n) is 11.3. The summed E-state index contributed by atoms with van der Waals surface area (Å²) in [6.07, 6.45) is 4.39. The molecule has 13 atom stereocenters. The molecular formula is C28H48O5. The summed E-state index contributed by atoms with van der Waals surface area (Å²) < 4.78 is 0. The van der Waals surface area contributed by atoms with E-state index in [-0.39, 0.29) is 47.2 Å². The van der Waals surface area contributed by atoms with E-state index in [0.717, 1.165) is 44.1 Å². The summed E-state index contributed by atoms with van der Waals surface area (Å²) in [7, 11) is 0. The molecule has 0 spiro atoms. The van der Waals surface area contributed by atoms with Crippen molar-refractivity contribution in [2.45, 2.75) is 103 Å². The van der Waals surface area contributed by atoms with Crippen LogP contribution in [0.5, 0.6) is 0 Å². The molecule has 0 aromatic heterocycles. The van der Waals surface area contributed by atoms with Crippen LogP contribution in [0.2, 0.25) is 0 Å². The molecule has 4 rings (SSSR count). The Morgan fingerprint density at radius 1 is 0.909 bits per heavy atom. The molecule has 5 nitrogen and oxygen atoms in total. The third kappa shape index (κ3) is 4.04. The zero-order valence-electron chi connectivity index (χ0n) is 21.2. The molecule has 4 fully saturated rings. The molecular weight excluding hydrogens is 416 g/mol. The van der Waals surface area contributed by atoms with Gasteiger partial charge in [0, 0.05) is 12.5 Å². The Balaban J connectivity index is 1.54. The molecule has 0 aromatic carbocycles. The zero-order valence-corrected chi connectivity index (χ0v) is 21.2. The lowest BCUT2D eigenvalue weighted by Crippen LogP contribution is -2.63. The maximum atomic E-state index is 11.4. The van der Waals surface area contributed by atoms with Crippen LogP contribution in [0, 0.1) is 52.3 Å². The molecule has 1 unspecified atom stereocenters. The fourth-order valence-electron chi connectivity index (χ4n) is 9.37. The standard InChI is InChI=1S/C28H48O5/c1-15(17(3)14-29)6-7-16(2)20-13-23(32)24-18-12-22(31)25-26(33)21(30)9-11-27(25,4)19(18)8-10-28(20,24)5/h16-26,29-33H,1,6-14H2,2-5H3/t16-,17-,18-,19+,20-,21+,22+,23-,24-,25?,26+,27-,28-/m1/s1. The van der Waals surface area contributed by atoms with Crippen LogP contribution in [0.1, 0.15) is 79.1 Å². The van der Waals surface area contributed by atoms with Crippen molar-refractivity contribution in [3.8, 4) is 0 Å². The molecule has 4 saturated carbocycles. The van der Waals surface area contributed by atoms with Gasteiger partial charge >= 0.3 is 0 Å². The lowest BCUT2D eigenvalue weighted by Gasteiger charge is -2.63. The molecule has 4 aliphatic rings. The van der Waals surface area contributed by atoms with Gasteiger partial charge in [0.05, 0.1) is 24.4 Å². The van der Waals surface area contributed by atoms with Gasteiger partial charge in [0.1, 0.15) is 0 Å². The molecule has 0 bridgehead atoms. The Morgan fingerprint density at radius 3 is 2.21 bits per heavy atom. The molecule has 0 aliphatic heterocycles. The Kier molecular flexibility index (Phi) is 7.15. The maximum Gasteiger partial charge on any atom is 0.0857 e. The van der Waals surface area contributed by atoms with Crippen LogP contribution in [0.15, 0.2) is 12.2 Å². The first-order valence-corrected chi connectivity index (χ1v) is 13.5. The normalized spacial score (nSPS) is 51.2. The van der Waals surface area contributed by atoms with Crippen molar-refractivity contribution in [2.24, 2.45) is 52.3 Å². The summed E-state index contributed by atoms with van der Waals surface area (Å²) in [5.74, 6) is 1.58. The summed E-state index contributed by atoms with van der Waals surface area (Å²) in [6.45, 7) is 13.3. The molecule has 5 heteroatoms. The Bertz CT molecular complexity index is 725. The highest BCUT2D eigenvalue weighted by Crippen LogP contribution is 2.68. The minimum absolute atomic E-state index is 0.0552. The van der Waals surface area contributed by atoms with E-state index in [1.807, 2.05) is 6.92 Å². The average Bonchev–Trinajstić information content (AvgIpc) is 3.04. The SMILES string of the molecule is C=C(CC[C@@H](C)[C@H]1C[C@@H](O)[C@H]2[C@@H]3C[C@H](O)C4[C@@H](O)[C@@H](O)CC[C@]4(C)[C@H]3CC[C@@]21C)[C@H](C)CO. The highest BCUT2D eigenvalue weighted by Gasteiger charge is 2.65. The van der Waals surface area contributed by atoms with Gasteiger partial charge < -0.3 is 25.5 Å². The van der Waals surface area contributed by atoms with Crippen molar-refractivity contribution >= 4 is 0 Å². The Labute approximate surface area is 200 Å². The van der Waals surface area contributed by atoms with Gasteiger partial charge in [0.15, 0.2) is 0 Å². The third-order valence-corrected chi connectivity index (χ3v) is 11.3. The summed E-state index contributed by atoms with van der Waals surface area (Å²) >= 11 is 0. The van der Waals surface area contributed by atoms with Gasteiger partial charge in [-0.25, -0.2) is 0 Å². The maximum absolute atomic E-state index is 11.4. The second-order valence-electron chi connectivity index (χ2n) is 12.9. The molecule has 0 heterocycles. The van der Waals surface area contributed by atoms with Gasteiger partial charge in [-0.2, -0.15) is 0 Å². The fraction of sp³-hybridized carbons (Fsp3) is 0.929. The smallest absolute Gasteiger partial charge is 0.0857 e. The molecule has 190 valence electrons. The van der Waals surface area contributed by atoms with Gasteiger partial charge in [-0.05, 0) is 97.7 Å². The summed E-state index contributed by atoms with van der Waals surface area (Å²) in [5.41, 5.74) is 0.976. The molecule has 33 heavy (non-hydrogen) atoms. The number of aliphatic hydroxyl groups is 5. The summed E-state index contributed by atoms with van der Waals surface area (Å²) in [4.78, 5) is 0. The lowest BCUT2D eigenvalue weighted by molar-refractivity contribution is -0.217. The predicted molar refractivity (Wildman–Crippen MR) is 129 cm³/mol. The van der Waals surface area contributed by atoms with E-state index in [1.54, 1.807) is 0 Å². The van der Waals surface area contributed by atoms with Crippen LogP contribution in [0.25, 0.3) is 0 Å². The van der Waals surface area contributed by atoms with Crippen LogP contribution >= 0.6 is 0 Å². The first kappa shape index (κ1) is 25.6. The molecule has 0 aromatic rings. The second-order valence-corrected chi connectivity index (χ2v) is 12.9. The van der Waals surface area contributed by atoms with Crippen LogP contribution in [0.4, 0.5) is 0 Å². The first-order chi connectivity index (χ1) is 15.5. The lowest BCUT2D eigenvalue weighted by atomic mass is 9.43. The predicted octanol–water partition coefficient (Wildman–Crippen LogP) is 3.52. The Hall–Kier alpha value is -0.460. The summed E-state index contributed by atoms with van der Waals surface area (Å²) in [5, 5.41) is 53.1. The molecule has 0 amide bonds. The van der Waals surface area contributed by atoms with Crippen molar-refractivity contribution in [2.75, 3.05) is 6.61 Å². The van der Waals surface area contributed by atoms with Crippen LogP contribution in [0.3, 0.4) is 0 Å². The Morgan fingerprint density at radius 2 is 1.55 bits per heavy atom. The zero-order chi connectivity index (χ0) is 24.3. The van der Waals surface area contributed by atoms with E-state index >= 15 is 0 Å². The molecule has 5 N–H and O–H groups in total. The largest absolute Gasteiger partial charge is 0.396 e. The van der Waals surface area contributed by atoms with E-state index < -0.39 is 18.3 Å². The van der Waals surface area contributed by atoms with Gasteiger partial charge in [-0.1, -0.05) is 39.8 Å². The second kappa shape index (κ2) is 9.20. The molecule has 4 aliphatic carbocycles. The minimum atomic E-state index is -0.858. The number of rotatable bonds is 6. The average molecular weight is 465 g/mol. The van der Waals surface area contributed by atoms with Crippen LogP contribution in [-0.4, -0.2) is 56.6 Å². The van der Waals surface area contributed by atoms with Crippen molar-refractivity contribution in [1.82, 2.24) is 0 Å². The molecule has 0 radical (unpaired) electrons. The van der Waals surface area contributed by atoms with Crippen molar-refractivity contribution in [1.29, 1.82) is 0 Å². The van der Waals surface area contributed by atoms with E-state index in [1.165, 1.54) is 0 Å². The first-order valence-electron chi connectivity index (χ1n) is 13.5. The van der Waals surface area contributed by atoms with Gasteiger partial charge in [0.25, 0.3) is 0 Å². The highest BCUT2D eigenvalue weighted by molar-refractivity contribution is 5.15. The van der Waals surface area contributed by atoms with Gasteiger partial charge in [-0.3, -0.25) is 0 Å². The quantitative estimate of drug-likeness (QED) is 0.387. The number of aliphatic hydroxyl groups excluding tert-OH is 5. The van der Waals surface area contributed by atoms with Gasteiger partial charge in [0.2, 0.25) is 0 Å². The molecule has 0 saturated heterocycles. The topological polar surface area (TPSA) is 101 Å². The summed E-state index contributed by atoms with van der Waals surface area (Å²) in [6, 6.07) is 0. The van der Waals surface area contributed by atoms with Crippen molar-refractivity contribution < 1.29 is 25.5 Å². The van der Waals surface area contributed by atoms with E-state index in [4.69, 9.17) is 0 Å². The highest BCUT2D eigenvalue weighted by atomic mass is 16.3. The van der Waals surface area contributed by atoms with E-state index in [9.17, 15) is 25.5 Å².